The lowest BCUT2D eigenvalue weighted by Crippen LogP contribution is -2.11. The van der Waals surface area contributed by atoms with E-state index in [9.17, 15) is 0 Å². The topological polar surface area (TPSA) is 56.3 Å². The number of rotatable bonds is 8. The van der Waals surface area contributed by atoms with Gasteiger partial charge in [0, 0.05) is 19.2 Å². The fourth-order valence-corrected chi connectivity index (χ4v) is 1.15. The molecule has 0 aliphatic rings. The van der Waals surface area contributed by atoms with Crippen LogP contribution in [0.15, 0.2) is 12.4 Å². The molecule has 1 aromatic heterocycles. The standard InChI is InChI=1S/C11H19N3O2/c1-3-4-6-16-7-5-12-10-8-11(15-2)14-9-13-10/h8-9H,3-7H2,1-2H3,(H,12,13,14). The summed E-state index contributed by atoms with van der Waals surface area (Å²) in [7, 11) is 1.58. The summed E-state index contributed by atoms with van der Waals surface area (Å²) in [5.74, 6) is 1.32. The fraction of sp³-hybridized carbons (Fsp3) is 0.636. The molecule has 0 radical (unpaired) electrons. The molecule has 1 aromatic rings. The van der Waals surface area contributed by atoms with Crippen LogP contribution in [0.5, 0.6) is 5.88 Å². The van der Waals surface area contributed by atoms with Crippen LogP contribution in [0.1, 0.15) is 19.8 Å². The molecular formula is C11H19N3O2. The van der Waals surface area contributed by atoms with Gasteiger partial charge in [-0.3, -0.25) is 0 Å². The molecule has 0 saturated carbocycles. The number of nitrogens with zero attached hydrogens (tertiary/aromatic N) is 2. The number of hydrogen-bond acceptors (Lipinski definition) is 5. The Bertz CT molecular complexity index is 294. The van der Waals surface area contributed by atoms with Gasteiger partial charge in [0.2, 0.25) is 5.88 Å². The van der Waals surface area contributed by atoms with E-state index in [0.717, 1.165) is 31.8 Å². The summed E-state index contributed by atoms with van der Waals surface area (Å²) in [6.07, 6.45) is 3.75. The van der Waals surface area contributed by atoms with Gasteiger partial charge in [-0.05, 0) is 6.42 Å². The van der Waals surface area contributed by atoms with Gasteiger partial charge in [-0.1, -0.05) is 13.3 Å². The zero-order valence-electron chi connectivity index (χ0n) is 9.90. The predicted molar refractivity (Wildman–Crippen MR) is 62.8 cm³/mol. The average Bonchev–Trinajstić information content (AvgIpc) is 2.34. The van der Waals surface area contributed by atoms with E-state index in [1.807, 2.05) is 0 Å². The average molecular weight is 225 g/mol. The Morgan fingerprint density at radius 1 is 1.31 bits per heavy atom. The maximum atomic E-state index is 5.42. The molecule has 0 bridgehead atoms. The molecule has 0 aromatic carbocycles. The van der Waals surface area contributed by atoms with Crippen LogP contribution in [0.2, 0.25) is 0 Å². The molecule has 90 valence electrons. The van der Waals surface area contributed by atoms with Gasteiger partial charge in [-0.25, -0.2) is 9.97 Å². The van der Waals surface area contributed by atoms with Gasteiger partial charge < -0.3 is 14.8 Å². The van der Waals surface area contributed by atoms with E-state index in [4.69, 9.17) is 9.47 Å². The summed E-state index contributed by atoms with van der Waals surface area (Å²) in [5, 5.41) is 3.14. The second-order valence-electron chi connectivity index (χ2n) is 3.34. The van der Waals surface area contributed by atoms with Crippen molar-refractivity contribution in [1.82, 2.24) is 9.97 Å². The van der Waals surface area contributed by atoms with E-state index in [1.165, 1.54) is 6.33 Å². The Labute approximate surface area is 96.2 Å². The maximum absolute atomic E-state index is 5.42. The monoisotopic (exact) mass is 225 g/mol. The first-order valence-electron chi connectivity index (χ1n) is 5.54. The molecule has 1 N–H and O–H groups in total. The largest absolute Gasteiger partial charge is 0.481 e. The van der Waals surface area contributed by atoms with E-state index in [1.54, 1.807) is 13.2 Å². The number of hydrogen-bond donors (Lipinski definition) is 1. The SMILES string of the molecule is CCCCOCCNc1cc(OC)ncn1. The number of anilines is 1. The van der Waals surface area contributed by atoms with E-state index >= 15 is 0 Å². The molecule has 0 amide bonds. The van der Waals surface area contributed by atoms with Gasteiger partial charge >= 0.3 is 0 Å². The van der Waals surface area contributed by atoms with Crippen molar-refractivity contribution in [3.8, 4) is 5.88 Å². The van der Waals surface area contributed by atoms with Crippen LogP contribution in [0.3, 0.4) is 0 Å². The minimum Gasteiger partial charge on any atom is -0.481 e. The Morgan fingerprint density at radius 3 is 2.94 bits per heavy atom. The zero-order chi connectivity index (χ0) is 11.6. The van der Waals surface area contributed by atoms with Gasteiger partial charge in [0.25, 0.3) is 0 Å². The maximum Gasteiger partial charge on any atom is 0.218 e. The predicted octanol–water partition coefficient (Wildman–Crippen LogP) is 1.71. The minimum atomic E-state index is 0.560. The summed E-state index contributed by atoms with van der Waals surface area (Å²) >= 11 is 0. The fourth-order valence-electron chi connectivity index (χ4n) is 1.15. The lowest BCUT2D eigenvalue weighted by molar-refractivity contribution is 0.141. The van der Waals surface area contributed by atoms with Crippen LogP contribution in [-0.4, -0.2) is 36.8 Å². The van der Waals surface area contributed by atoms with Crippen molar-refractivity contribution in [2.75, 3.05) is 32.2 Å². The van der Waals surface area contributed by atoms with Crippen molar-refractivity contribution in [3.05, 3.63) is 12.4 Å². The van der Waals surface area contributed by atoms with Crippen molar-refractivity contribution in [3.63, 3.8) is 0 Å². The first-order valence-corrected chi connectivity index (χ1v) is 5.54. The number of nitrogens with one attached hydrogen (secondary N) is 1. The lowest BCUT2D eigenvalue weighted by Gasteiger charge is -2.06. The van der Waals surface area contributed by atoms with Crippen molar-refractivity contribution in [2.24, 2.45) is 0 Å². The molecule has 5 nitrogen and oxygen atoms in total. The first kappa shape index (κ1) is 12.7. The minimum absolute atomic E-state index is 0.560. The Kier molecular flexibility index (Phi) is 6.25. The van der Waals surface area contributed by atoms with E-state index in [-0.39, 0.29) is 0 Å². The first-order chi connectivity index (χ1) is 7.86. The molecule has 0 fully saturated rings. The highest BCUT2D eigenvalue weighted by Crippen LogP contribution is 2.09. The number of ether oxygens (including phenoxy) is 2. The van der Waals surface area contributed by atoms with Gasteiger partial charge in [0.15, 0.2) is 0 Å². The summed E-state index contributed by atoms with van der Waals surface area (Å²) in [4.78, 5) is 7.99. The number of aromatic nitrogens is 2. The van der Waals surface area contributed by atoms with Crippen LogP contribution >= 0.6 is 0 Å². The molecule has 0 aliphatic carbocycles. The van der Waals surface area contributed by atoms with Crippen LogP contribution in [0.25, 0.3) is 0 Å². The second-order valence-corrected chi connectivity index (χ2v) is 3.34. The van der Waals surface area contributed by atoms with Crippen LogP contribution in [0, 0.1) is 0 Å². The van der Waals surface area contributed by atoms with Crippen molar-refractivity contribution >= 4 is 5.82 Å². The highest BCUT2D eigenvalue weighted by molar-refractivity contribution is 5.36. The normalized spacial score (nSPS) is 10.1. The summed E-state index contributed by atoms with van der Waals surface area (Å²) in [5.41, 5.74) is 0. The van der Waals surface area contributed by atoms with Crippen molar-refractivity contribution < 1.29 is 9.47 Å². The number of methoxy groups -OCH3 is 1. The summed E-state index contributed by atoms with van der Waals surface area (Å²) in [6.45, 7) is 4.40. The third-order valence-corrected chi connectivity index (χ3v) is 2.05. The summed E-state index contributed by atoms with van der Waals surface area (Å²) in [6, 6.07) is 1.76. The molecule has 0 unspecified atom stereocenters. The van der Waals surface area contributed by atoms with Gasteiger partial charge in [0.05, 0.1) is 13.7 Å². The Morgan fingerprint density at radius 2 is 2.19 bits per heavy atom. The van der Waals surface area contributed by atoms with Crippen LogP contribution < -0.4 is 10.1 Å². The highest BCUT2D eigenvalue weighted by Gasteiger charge is 1.97. The zero-order valence-corrected chi connectivity index (χ0v) is 9.90. The number of unbranched alkanes of at least 4 members (excludes halogenated alkanes) is 1. The molecule has 1 rings (SSSR count). The molecule has 0 saturated heterocycles. The smallest absolute Gasteiger partial charge is 0.218 e. The van der Waals surface area contributed by atoms with E-state index in [2.05, 4.69) is 22.2 Å². The molecule has 1 heterocycles. The third-order valence-electron chi connectivity index (χ3n) is 2.05. The quantitative estimate of drug-likeness (QED) is 0.683. The van der Waals surface area contributed by atoms with Crippen LogP contribution in [0.4, 0.5) is 5.82 Å². The van der Waals surface area contributed by atoms with Crippen molar-refractivity contribution in [2.45, 2.75) is 19.8 Å². The van der Waals surface area contributed by atoms with Crippen molar-refractivity contribution in [1.29, 1.82) is 0 Å². The van der Waals surface area contributed by atoms with Gasteiger partial charge in [-0.2, -0.15) is 0 Å². The molecule has 0 atom stereocenters. The van der Waals surface area contributed by atoms with E-state index < -0.39 is 0 Å². The van der Waals surface area contributed by atoms with E-state index in [0.29, 0.717) is 12.5 Å². The molecule has 0 aliphatic heterocycles. The molecule has 0 spiro atoms. The molecular weight excluding hydrogens is 206 g/mol. The van der Waals surface area contributed by atoms with Gasteiger partial charge in [-0.15, -0.1) is 0 Å². The second kappa shape index (κ2) is 7.87. The summed E-state index contributed by atoms with van der Waals surface area (Å²) < 4.78 is 10.4. The molecule has 5 heteroatoms. The third kappa shape index (κ3) is 4.93. The molecule has 16 heavy (non-hydrogen) atoms. The highest BCUT2D eigenvalue weighted by atomic mass is 16.5. The lowest BCUT2D eigenvalue weighted by atomic mass is 10.4. The Balaban J connectivity index is 2.16. The van der Waals surface area contributed by atoms with Crippen LogP contribution in [-0.2, 0) is 4.74 Å². The Hall–Kier alpha value is -1.36. The van der Waals surface area contributed by atoms with Gasteiger partial charge in [0.1, 0.15) is 12.1 Å².